The molecule has 1 aromatic carbocycles. The largest absolute Gasteiger partial charge is 0.481 e. The van der Waals surface area contributed by atoms with Crippen LogP contribution in [0.4, 0.5) is 4.39 Å². The molecule has 27 heavy (non-hydrogen) atoms. The summed E-state index contributed by atoms with van der Waals surface area (Å²) in [6.07, 6.45) is 1.68. The molecule has 0 saturated heterocycles. The second-order valence-electron chi connectivity index (χ2n) is 7.38. The van der Waals surface area contributed by atoms with Gasteiger partial charge in [-0.05, 0) is 52.0 Å². The van der Waals surface area contributed by atoms with Crippen molar-refractivity contribution in [3.05, 3.63) is 48.0 Å². The minimum Gasteiger partial charge on any atom is -0.481 e. The standard InChI is InChI=1S/C21H23FN2O3/c1-13-20(14-6-9-18(26-5)23-11-14)16-10-15(22)7-8-17(16)24(13)12-19(25)27-21(2,3)4/h6-11H,12H2,1-5H3. The number of benzene rings is 1. The number of carbonyl (C=O) groups excluding carboxylic acids is 1. The van der Waals surface area contributed by atoms with E-state index in [2.05, 4.69) is 4.98 Å². The Morgan fingerprint density at radius 3 is 2.56 bits per heavy atom. The highest BCUT2D eigenvalue weighted by molar-refractivity contribution is 5.98. The number of hydrogen-bond donors (Lipinski definition) is 0. The van der Waals surface area contributed by atoms with Crippen molar-refractivity contribution in [1.29, 1.82) is 0 Å². The van der Waals surface area contributed by atoms with E-state index in [1.54, 1.807) is 25.4 Å². The second-order valence-corrected chi connectivity index (χ2v) is 7.38. The lowest BCUT2D eigenvalue weighted by atomic mass is 10.0. The van der Waals surface area contributed by atoms with E-state index in [1.807, 2.05) is 38.3 Å². The molecular weight excluding hydrogens is 347 g/mol. The van der Waals surface area contributed by atoms with Crippen LogP contribution in [0, 0.1) is 12.7 Å². The van der Waals surface area contributed by atoms with Gasteiger partial charge >= 0.3 is 5.97 Å². The van der Waals surface area contributed by atoms with Crippen LogP contribution in [0.25, 0.3) is 22.0 Å². The van der Waals surface area contributed by atoms with Crippen LogP contribution in [0.5, 0.6) is 5.88 Å². The number of esters is 1. The molecule has 2 heterocycles. The Bertz CT molecular complexity index is 985. The third-order valence-corrected chi connectivity index (χ3v) is 4.23. The molecule has 5 nitrogen and oxygen atoms in total. The van der Waals surface area contributed by atoms with E-state index in [9.17, 15) is 9.18 Å². The highest BCUT2D eigenvalue weighted by Gasteiger charge is 2.21. The Labute approximate surface area is 157 Å². The summed E-state index contributed by atoms with van der Waals surface area (Å²) in [6.45, 7) is 7.44. The van der Waals surface area contributed by atoms with Gasteiger partial charge in [-0.1, -0.05) is 0 Å². The normalized spacial score (nSPS) is 11.6. The average molecular weight is 370 g/mol. The van der Waals surface area contributed by atoms with E-state index in [0.29, 0.717) is 5.88 Å². The first-order chi connectivity index (χ1) is 12.7. The molecular formula is C21H23FN2O3. The van der Waals surface area contributed by atoms with Crippen LogP contribution in [-0.4, -0.2) is 28.2 Å². The summed E-state index contributed by atoms with van der Waals surface area (Å²) in [6, 6.07) is 8.18. The van der Waals surface area contributed by atoms with Crippen molar-refractivity contribution >= 4 is 16.9 Å². The number of pyridine rings is 1. The van der Waals surface area contributed by atoms with E-state index in [-0.39, 0.29) is 18.3 Å². The SMILES string of the molecule is COc1ccc(-c2c(C)n(CC(=O)OC(C)(C)C)c3ccc(F)cc23)cn1. The van der Waals surface area contributed by atoms with Crippen molar-refractivity contribution in [2.75, 3.05) is 7.11 Å². The predicted molar refractivity (Wildman–Crippen MR) is 102 cm³/mol. The molecule has 0 aliphatic rings. The summed E-state index contributed by atoms with van der Waals surface area (Å²) in [5.41, 5.74) is 2.71. The molecule has 0 fully saturated rings. The summed E-state index contributed by atoms with van der Waals surface area (Å²) >= 11 is 0. The smallest absolute Gasteiger partial charge is 0.326 e. The molecule has 0 N–H and O–H groups in total. The van der Waals surface area contributed by atoms with Gasteiger partial charge in [-0.15, -0.1) is 0 Å². The molecule has 0 amide bonds. The first kappa shape index (κ1) is 18.9. The van der Waals surface area contributed by atoms with Gasteiger partial charge in [0.1, 0.15) is 18.0 Å². The van der Waals surface area contributed by atoms with Gasteiger partial charge in [-0.3, -0.25) is 4.79 Å². The number of methoxy groups -OCH3 is 1. The molecule has 0 bridgehead atoms. The number of hydrogen-bond acceptors (Lipinski definition) is 4. The van der Waals surface area contributed by atoms with Gasteiger partial charge in [0.15, 0.2) is 0 Å². The Morgan fingerprint density at radius 1 is 1.22 bits per heavy atom. The zero-order valence-corrected chi connectivity index (χ0v) is 16.2. The molecule has 2 aromatic heterocycles. The molecule has 0 radical (unpaired) electrons. The van der Waals surface area contributed by atoms with Crippen molar-refractivity contribution in [2.45, 2.75) is 39.8 Å². The van der Waals surface area contributed by atoms with Crippen LogP contribution in [0.3, 0.4) is 0 Å². The predicted octanol–water partition coefficient (Wildman–Crippen LogP) is 4.50. The number of fused-ring (bicyclic) bond motifs is 1. The number of aromatic nitrogens is 2. The van der Waals surface area contributed by atoms with Crippen LogP contribution >= 0.6 is 0 Å². The Kier molecular flexibility index (Phi) is 4.91. The zero-order chi connectivity index (χ0) is 19.8. The maximum absolute atomic E-state index is 13.9. The number of ether oxygens (including phenoxy) is 2. The summed E-state index contributed by atoms with van der Waals surface area (Å²) in [7, 11) is 1.55. The first-order valence-electron chi connectivity index (χ1n) is 8.70. The fourth-order valence-electron chi connectivity index (χ4n) is 3.17. The molecule has 142 valence electrons. The minimum absolute atomic E-state index is 0.0504. The van der Waals surface area contributed by atoms with Crippen LogP contribution in [0.15, 0.2) is 36.5 Å². The summed E-state index contributed by atoms with van der Waals surface area (Å²) in [5.74, 6) is -0.175. The molecule has 3 aromatic rings. The van der Waals surface area contributed by atoms with Gasteiger partial charge in [0, 0.05) is 40.0 Å². The molecule has 3 rings (SSSR count). The van der Waals surface area contributed by atoms with Crippen molar-refractivity contribution in [1.82, 2.24) is 9.55 Å². The lowest BCUT2D eigenvalue weighted by Gasteiger charge is -2.20. The van der Waals surface area contributed by atoms with Crippen LogP contribution < -0.4 is 4.74 Å². The minimum atomic E-state index is -0.567. The van der Waals surface area contributed by atoms with Gasteiger partial charge < -0.3 is 14.0 Å². The molecule has 0 aliphatic carbocycles. The fraction of sp³-hybridized carbons (Fsp3) is 0.333. The zero-order valence-electron chi connectivity index (χ0n) is 16.2. The van der Waals surface area contributed by atoms with E-state index in [0.717, 1.165) is 27.7 Å². The molecule has 0 aliphatic heterocycles. The number of carbonyl (C=O) groups is 1. The van der Waals surface area contributed by atoms with Gasteiger partial charge in [0.05, 0.1) is 7.11 Å². The quantitative estimate of drug-likeness (QED) is 0.635. The Balaban J connectivity index is 2.12. The van der Waals surface area contributed by atoms with Gasteiger partial charge in [-0.25, -0.2) is 9.37 Å². The van der Waals surface area contributed by atoms with Gasteiger partial charge in [0.25, 0.3) is 0 Å². The van der Waals surface area contributed by atoms with Crippen molar-refractivity contribution in [2.24, 2.45) is 0 Å². The topological polar surface area (TPSA) is 53.4 Å². The second kappa shape index (κ2) is 7.02. The van der Waals surface area contributed by atoms with Crippen LogP contribution in [0.1, 0.15) is 26.5 Å². The number of halogens is 1. The van der Waals surface area contributed by atoms with Crippen LogP contribution in [-0.2, 0) is 16.1 Å². The summed E-state index contributed by atoms with van der Waals surface area (Å²) in [5, 5.41) is 0.725. The summed E-state index contributed by atoms with van der Waals surface area (Å²) in [4.78, 5) is 16.6. The third kappa shape index (κ3) is 3.94. The fourth-order valence-corrected chi connectivity index (χ4v) is 3.17. The molecule has 0 spiro atoms. The van der Waals surface area contributed by atoms with E-state index >= 15 is 0 Å². The molecule has 0 unspecified atom stereocenters. The van der Waals surface area contributed by atoms with Crippen LogP contribution in [0.2, 0.25) is 0 Å². The third-order valence-electron chi connectivity index (χ3n) is 4.23. The molecule has 0 atom stereocenters. The average Bonchev–Trinajstić information content (AvgIpc) is 2.84. The van der Waals surface area contributed by atoms with E-state index in [4.69, 9.17) is 9.47 Å². The highest BCUT2D eigenvalue weighted by atomic mass is 19.1. The molecule has 6 heteroatoms. The Morgan fingerprint density at radius 2 is 1.96 bits per heavy atom. The van der Waals surface area contributed by atoms with Crippen molar-refractivity contribution in [3.8, 4) is 17.0 Å². The number of nitrogens with zero attached hydrogens (tertiary/aromatic N) is 2. The Hall–Kier alpha value is -2.89. The lowest BCUT2D eigenvalue weighted by molar-refractivity contribution is -0.155. The first-order valence-corrected chi connectivity index (χ1v) is 8.70. The van der Waals surface area contributed by atoms with Gasteiger partial charge in [0.2, 0.25) is 5.88 Å². The number of rotatable bonds is 4. The molecule has 0 saturated carbocycles. The van der Waals surface area contributed by atoms with Gasteiger partial charge in [-0.2, -0.15) is 0 Å². The monoisotopic (exact) mass is 370 g/mol. The summed E-state index contributed by atoms with van der Waals surface area (Å²) < 4.78 is 26.4. The van der Waals surface area contributed by atoms with E-state index < -0.39 is 5.60 Å². The maximum atomic E-state index is 13.9. The lowest BCUT2D eigenvalue weighted by Crippen LogP contribution is -2.26. The highest BCUT2D eigenvalue weighted by Crippen LogP contribution is 2.35. The van der Waals surface area contributed by atoms with E-state index in [1.165, 1.54) is 12.1 Å². The maximum Gasteiger partial charge on any atom is 0.326 e. The van der Waals surface area contributed by atoms with Crippen molar-refractivity contribution < 1.29 is 18.7 Å². The van der Waals surface area contributed by atoms with Crippen molar-refractivity contribution in [3.63, 3.8) is 0 Å².